The van der Waals surface area contributed by atoms with E-state index in [0.29, 0.717) is 12.8 Å². The number of allylic oxidation sites excluding steroid dienone is 16. The molecule has 0 fully saturated rings. The molecule has 0 aromatic rings. The molecule has 1 N–H and O–H groups in total. The number of hydrogen-bond acceptors (Lipinski definition) is 5. The fraction of sp³-hybridized carbons (Fsp3) is 0.690. The van der Waals surface area contributed by atoms with Crippen molar-refractivity contribution in [3.63, 3.8) is 0 Å². The molecule has 0 saturated carbocycles. The van der Waals surface area contributed by atoms with Crippen molar-refractivity contribution in [1.29, 1.82) is 0 Å². The first-order chi connectivity index (χ1) is 31.1. The van der Waals surface area contributed by atoms with Gasteiger partial charge in [0.25, 0.3) is 0 Å². The average molecular weight is 875 g/mol. The standard InChI is InChI=1S/C58H98O5/c1-3-5-7-9-11-13-14-15-16-17-18-19-20-21-22-23-24-25-26-27-28-29-30-31-32-33-34-35-36-37-38-39-40-41-42-43-44-45-47-49-51-53-58(61)63-56(54-59)55-62-57(60)52-50-48-46-12-10-8-6-4-2/h5,7,11,13,15-16,18-19,21-22,24-25,27-28,30-31,56,59H,3-4,6,8-10,12,14,17,20,23,26,29,32-55H2,1-2H3/b7-5-,13-11-,16-15-,19-18-,22-21-,25-24-,28-27-,31-30-. The van der Waals surface area contributed by atoms with Crippen LogP contribution in [0.4, 0.5) is 0 Å². The number of carbonyl (C=O) groups is 2. The van der Waals surface area contributed by atoms with Gasteiger partial charge in [-0.3, -0.25) is 9.59 Å². The SMILES string of the molecule is CC/C=C\C/C=C\C/C=C\C/C=C\C/C=C\C/C=C\C/C=C\C/C=C\CCCCCCCCCCCCCCCCCCC(=O)OC(CO)COC(=O)CCCCCCCCCC. The Hall–Kier alpha value is -3.18. The molecule has 0 radical (unpaired) electrons. The second kappa shape index (κ2) is 53.2. The van der Waals surface area contributed by atoms with Crippen molar-refractivity contribution in [3.05, 3.63) is 97.2 Å². The summed E-state index contributed by atoms with van der Waals surface area (Å²) >= 11 is 0. The molecule has 1 unspecified atom stereocenters. The summed E-state index contributed by atoms with van der Waals surface area (Å²) < 4.78 is 10.6. The largest absolute Gasteiger partial charge is 0.462 e. The van der Waals surface area contributed by atoms with Crippen LogP contribution >= 0.6 is 0 Å². The summed E-state index contributed by atoms with van der Waals surface area (Å²) in [6.45, 7) is 3.99. The number of ether oxygens (including phenoxy) is 2. The maximum atomic E-state index is 12.2. The van der Waals surface area contributed by atoms with Gasteiger partial charge in [0.1, 0.15) is 6.61 Å². The van der Waals surface area contributed by atoms with Gasteiger partial charge in [0.15, 0.2) is 6.10 Å². The topological polar surface area (TPSA) is 72.8 Å². The van der Waals surface area contributed by atoms with Crippen molar-refractivity contribution in [2.24, 2.45) is 0 Å². The fourth-order valence-electron chi connectivity index (χ4n) is 7.22. The van der Waals surface area contributed by atoms with E-state index >= 15 is 0 Å². The summed E-state index contributed by atoms with van der Waals surface area (Å²) in [5.74, 6) is -0.593. The highest BCUT2D eigenvalue weighted by molar-refractivity contribution is 5.70. The van der Waals surface area contributed by atoms with Crippen LogP contribution in [0.25, 0.3) is 0 Å². The molecule has 1 atom stereocenters. The van der Waals surface area contributed by atoms with Gasteiger partial charge in [-0.05, 0) is 77.0 Å². The van der Waals surface area contributed by atoms with Gasteiger partial charge in [-0.15, -0.1) is 0 Å². The number of aliphatic hydroxyl groups excluding tert-OH is 1. The van der Waals surface area contributed by atoms with Crippen LogP contribution in [0, 0.1) is 0 Å². The van der Waals surface area contributed by atoms with Crippen molar-refractivity contribution in [2.45, 2.75) is 245 Å². The van der Waals surface area contributed by atoms with Crippen LogP contribution in [0.15, 0.2) is 97.2 Å². The third kappa shape index (κ3) is 51.3. The Kier molecular flexibility index (Phi) is 50.5. The van der Waals surface area contributed by atoms with E-state index in [1.807, 2.05) is 0 Å². The van der Waals surface area contributed by atoms with E-state index < -0.39 is 6.10 Å². The van der Waals surface area contributed by atoms with Gasteiger partial charge in [-0.2, -0.15) is 0 Å². The number of aliphatic hydroxyl groups is 1. The minimum atomic E-state index is -0.770. The molecule has 0 aromatic carbocycles. The van der Waals surface area contributed by atoms with Crippen LogP contribution in [0.2, 0.25) is 0 Å². The van der Waals surface area contributed by atoms with E-state index in [0.717, 1.165) is 89.9 Å². The maximum Gasteiger partial charge on any atom is 0.306 e. The number of esters is 2. The fourth-order valence-corrected chi connectivity index (χ4v) is 7.22. The highest BCUT2D eigenvalue weighted by atomic mass is 16.6. The van der Waals surface area contributed by atoms with Crippen LogP contribution in [0.5, 0.6) is 0 Å². The highest BCUT2D eigenvalue weighted by Crippen LogP contribution is 2.15. The average Bonchev–Trinajstić information content (AvgIpc) is 3.29. The highest BCUT2D eigenvalue weighted by Gasteiger charge is 2.16. The first-order valence-electron chi connectivity index (χ1n) is 26.3. The second-order valence-corrected chi connectivity index (χ2v) is 17.2. The predicted molar refractivity (Wildman–Crippen MR) is 274 cm³/mol. The van der Waals surface area contributed by atoms with Gasteiger partial charge in [-0.25, -0.2) is 0 Å². The minimum Gasteiger partial charge on any atom is -0.462 e. The summed E-state index contributed by atoms with van der Waals surface area (Å²) in [5.41, 5.74) is 0. The Morgan fingerprint density at radius 3 is 1.03 bits per heavy atom. The third-order valence-corrected chi connectivity index (χ3v) is 11.1. The van der Waals surface area contributed by atoms with Gasteiger partial charge in [0, 0.05) is 12.8 Å². The van der Waals surface area contributed by atoms with Crippen molar-refractivity contribution in [3.8, 4) is 0 Å². The predicted octanol–water partition coefficient (Wildman–Crippen LogP) is 17.6. The number of carbonyl (C=O) groups excluding carboxylic acids is 2. The van der Waals surface area contributed by atoms with Gasteiger partial charge in [-0.1, -0.05) is 246 Å². The molecule has 63 heavy (non-hydrogen) atoms. The van der Waals surface area contributed by atoms with E-state index in [1.165, 1.54) is 122 Å². The van der Waals surface area contributed by atoms with Gasteiger partial charge in [0.05, 0.1) is 6.61 Å². The Bertz CT molecular complexity index is 1220. The minimum absolute atomic E-state index is 0.0656. The zero-order valence-electron chi connectivity index (χ0n) is 41.1. The lowest BCUT2D eigenvalue weighted by atomic mass is 10.0. The molecule has 0 saturated heterocycles. The van der Waals surface area contributed by atoms with E-state index in [1.54, 1.807) is 0 Å². The van der Waals surface area contributed by atoms with E-state index in [9.17, 15) is 14.7 Å². The number of unbranched alkanes of at least 4 members (excludes halogenated alkanes) is 23. The molecule has 0 aromatic heterocycles. The zero-order chi connectivity index (χ0) is 45.6. The normalized spacial score (nSPS) is 13.0. The lowest BCUT2D eigenvalue weighted by Crippen LogP contribution is -2.28. The molecule has 0 aliphatic heterocycles. The molecule has 5 heteroatoms. The van der Waals surface area contributed by atoms with E-state index in [-0.39, 0.29) is 25.2 Å². The Balaban J connectivity index is 3.48. The molecule has 0 aliphatic rings. The summed E-state index contributed by atoms with van der Waals surface area (Å²) in [5, 5.41) is 9.56. The Labute approximate surface area is 389 Å². The van der Waals surface area contributed by atoms with Gasteiger partial charge < -0.3 is 14.6 Å². The molecular formula is C58H98O5. The zero-order valence-corrected chi connectivity index (χ0v) is 41.1. The van der Waals surface area contributed by atoms with Crippen molar-refractivity contribution in [2.75, 3.05) is 13.2 Å². The lowest BCUT2D eigenvalue weighted by molar-refractivity contribution is -0.161. The molecule has 0 spiro atoms. The molecule has 0 aliphatic carbocycles. The lowest BCUT2D eigenvalue weighted by Gasteiger charge is -2.15. The van der Waals surface area contributed by atoms with E-state index in [2.05, 4.69) is 111 Å². The maximum absolute atomic E-state index is 12.2. The monoisotopic (exact) mass is 875 g/mol. The Morgan fingerprint density at radius 2 is 0.683 bits per heavy atom. The number of rotatable bonds is 47. The summed E-state index contributed by atoms with van der Waals surface area (Å²) in [6, 6.07) is 0. The molecule has 360 valence electrons. The van der Waals surface area contributed by atoms with Crippen LogP contribution in [0.1, 0.15) is 239 Å². The summed E-state index contributed by atoms with van der Waals surface area (Å²) in [4.78, 5) is 24.2. The first kappa shape index (κ1) is 59.8. The molecule has 0 rings (SSSR count). The Morgan fingerprint density at radius 1 is 0.381 bits per heavy atom. The quantitative estimate of drug-likeness (QED) is 0.0375. The van der Waals surface area contributed by atoms with E-state index in [4.69, 9.17) is 9.47 Å². The van der Waals surface area contributed by atoms with Crippen molar-refractivity contribution < 1.29 is 24.2 Å². The van der Waals surface area contributed by atoms with Crippen molar-refractivity contribution in [1.82, 2.24) is 0 Å². The summed E-state index contributed by atoms with van der Waals surface area (Å²) in [6.07, 6.45) is 75.4. The number of hydrogen-bond donors (Lipinski definition) is 1. The van der Waals surface area contributed by atoms with Gasteiger partial charge >= 0.3 is 11.9 Å². The van der Waals surface area contributed by atoms with Crippen LogP contribution in [0.3, 0.4) is 0 Å². The molecule has 0 bridgehead atoms. The molecule has 5 nitrogen and oxygen atoms in total. The van der Waals surface area contributed by atoms with Crippen LogP contribution < -0.4 is 0 Å². The third-order valence-electron chi connectivity index (χ3n) is 11.1. The molecule has 0 heterocycles. The second-order valence-electron chi connectivity index (χ2n) is 17.2. The van der Waals surface area contributed by atoms with Crippen LogP contribution in [-0.2, 0) is 19.1 Å². The van der Waals surface area contributed by atoms with Crippen LogP contribution in [-0.4, -0.2) is 36.4 Å². The smallest absolute Gasteiger partial charge is 0.306 e. The molecular weight excluding hydrogens is 777 g/mol. The molecule has 0 amide bonds. The van der Waals surface area contributed by atoms with Crippen molar-refractivity contribution >= 4 is 11.9 Å². The van der Waals surface area contributed by atoms with Gasteiger partial charge in [0.2, 0.25) is 0 Å². The first-order valence-corrected chi connectivity index (χ1v) is 26.3. The summed E-state index contributed by atoms with van der Waals surface area (Å²) in [7, 11) is 0.